The molecule has 0 aliphatic rings. The molecule has 0 fully saturated rings. The number of aromatic nitrogens is 2. The summed E-state index contributed by atoms with van der Waals surface area (Å²) in [6.45, 7) is 6.92. The summed E-state index contributed by atoms with van der Waals surface area (Å²) < 4.78 is 24.1. The lowest BCUT2D eigenvalue weighted by atomic mass is 10.1. The van der Waals surface area contributed by atoms with Crippen molar-refractivity contribution in [3.8, 4) is 5.75 Å². The molecule has 1 unspecified atom stereocenters. The molecule has 0 bridgehead atoms. The molecule has 1 aromatic carbocycles. The smallest absolute Gasteiger partial charge is 0.264 e. The van der Waals surface area contributed by atoms with Crippen LogP contribution in [0.3, 0.4) is 0 Å². The fraction of sp³-hybridized carbons (Fsp3) is 0.467. The Bertz CT molecular complexity index is 586. The number of ether oxygens (including phenoxy) is 1. The molecule has 0 saturated heterocycles. The third-order valence-corrected chi connectivity index (χ3v) is 3.13. The second-order valence-electron chi connectivity index (χ2n) is 4.71. The lowest BCUT2D eigenvalue weighted by molar-refractivity contribution is 0.238. The standard InChI is InChI=1S/C15H20FN3O2/c1-4-14-18-15(21-19-14)9-20-13-8-11(16)6-7-12(13)10(3)17-5-2/h6-8,10,17H,4-5,9H2,1-3H3. The Morgan fingerprint density at radius 3 is 2.86 bits per heavy atom. The van der Waals surface area contributed by atoms with Crippen LogP contribution in [0.15, 0.2) is 22.7 Å². The van der Waals surface area contributed by atoms with E-state index in [-0.39, 0.29) is 18.5 Å². The van der Waals surface area contributed by atoms with Crippen LogP contribution in [0, 0.1) is 5.82 Å². The molecule has 0 saturated carbocycles. The van der Waals surface area contributed by atoms with Gasteiger partial charge in [0.1, 0.15) is 11.6 Å². The summed E-state index contributed by atoms with van der Waals surface area (Å²) in [5.41, 5.74) is 0.897. The van der Waals surface area contributed by atoms with Crippen molar-refractivity contribution >= 4 is 0 Å². The van der Waals surface area contributed by atoms with Crippen molar-refractivity contribution in [2.24, 2.45) is 0 Å². The van der Waals surface area contributed by atoms with Crippen LogP contribution in [-0.4, -0.2) is 16.7 Å². The van der Waals surface area contributed by atoms with Crippen LogP contribution < -0.4 is 10.1 Å². The zero-order valence-electron chi connectivity index (χ0n) is 12.5. The maximum absolute atomic E-state index is 13.4. The van der Waals surface area contributed by atoms with Crippen molar-refractivity contribution in [1.29, 1.82) is 0 Å². The van der Waals surface area contributed by atoms with E-state index in [1.807, 2.05) is 20.8 Å². The Morgan fingerprint density at radius 2 is 2.19 bits per heavy atom. The van der Waals surface area contributed by atoms with E-state index in [4.69, 9.17) is 9.26 Å². The summed E-state index contributed by atoms with van der Waals surface area (Å²) in [6, 6.07) is 4.60. The third-order valence-electron chi connectivity index (χ3n) is 3.13. The average molecular weight is 293 g/mol. The number of halogens is 1. The van der Waals surface area contributed by atoms with Gasteiger partial charge in [0, 0.05) is 24.1 Å². The second-order valence-corrected chi connectivity index (χ2v) is 4.71. The van der Waals surface area contributed by atoms with Crippen LogP contribution in [0.2, 0.25) is 0 Å². The molecule has 2 rings (SSSR count). The van der Waals surface area contributed by atoms with Gasteiger partial charge in [0.25, 0.3) is 5.89 Å². The first-order valence-electron chi connectivity index (χ1n) is 7.11. The fourth-order valence-electron chi connectivity index (χ4n) is 2.04. The van der Waals surface area contributed by atoms with Gasteiger partial charge in [-0.05, 0) is 19.5 Å². The molecular formula is C15H20FN3O2. The third kappa shape index (κ3) is 4.01. The van der Waals surface area contributed by atoms with Gasteiger partial charge in [0.05, 0.1) is 0 Å². The first kappa shape index (κ1) is 15.4. The molecule has 1 atom stereocenters. The minimum Gasteiger partial charge on any atom is -0.483 e. The fourth-order valence-corrected chi connectivity index (χ4v) is 2.04. The molecule has 0 radical (unpaired) electrons. The van der Waals surface area contributed by atoms with Gasteiger partial charge in [-0.25, -0.2) is 4.39 Å². The highest BCUT2D eigenvalue weighted by molar-refractivity contribution is 5.36. The molecule has 0 spiro atoms. The van der Waals surface area contributed by atoms with Gasteiger partial charge in [0.2, 0.25) is 0 Å². The summed E-state index contributed by atoms with van der Waals surface area (Å²) in [4.78, 5) is 4.16. The summed E-state index contributed by atoms with van der Waals surface area (Å²) in [7, 11) is 0. The van der Waals surface area contributed by atoms with Gasteiger partial charge < -0.3 is 14.6 Å². The first-order valence-corrected chi connectivity index (χ1v) is 7.11. The van der Waals surface area contributed by atoms with E-state index >= 15 is 0 Å². The van der Waals surface area contributed by atoms with Gasteiger partial charge in [-0.2, -0.15) is 4.98 Å². The number of hydrogen-bond donors (Lipinski definition) is 1. The molecule has 1 heterocycles. The van der Waals surface area contributed by atoms with Crippen LogP contribution in [0.25, 0.3) is 0 Å². The van der Waals surface area contributed by atoms with Gasteiger partial charge >= 0.3 is 0 Å². The highest BCUT2D eigenvalue weighted by Crippen LogP contribution is 2.26. The Labute approximate surface area is 123 Å². The van der Waals surface area contributed by atoms with Gasteiger partial charge in [-0.3, -0.25) is 0 Å². The van der Waals surface area contributed by atoms with Crippen molar-refractivity contribution in [3.63, 3.8) is 0 Å². The number of nitrogens with zero attached hydrogens (tertiary/aromatic N) is 2. The predicted octanol–water partition coefficient (Wildman–Crippen LogP) is 3.02. The van der Waals surface area contributed by atoms with Crippen LogP contribution in [-0.2, 0) is 13.0 Å². The second kappa shape index (κ2) is 7.17. The summed E-state index contributed by atoms with van der Waals surface area (Å²) in [5, 5.41) is 7.08. The molecule has 21 heavy (non-hydrogen) atoms. The lowest BCUT2D eigenvalue weighted by Gasteiger charge is -2.17. The van der Waals surface area contributed by atoms with Crippen molar-refractivity contribution in [3.05, 3.63) is 41.3 Å². The number of benzene rings is 1. The summed E-state index contributed by atoms with van der Waals surface area (Å²) >= 11 is 0. The van der Waals surface area contributed by atoms with Crippen molar-refractivity contribution < 1.29 is 13.7 Å². The monoisotopic (exact) mass is 293 g/mol. The van der Waals surface area contributed by atoms with E-state index in [2.05, 4.69) is 15.5 Å². The molecule has 5 nitrogen and oxygen atoms in total. The van der Waals surface area contributed by atoms with Crippen LogP contribution in [0.5, 0.6) is 5.75 Å². The predicted molar refractivity (Wildman–Crippen MR) is 76.5 cm³/mol. The summed E-state index contributed by atoms with van der Waals surface area (Å²) in [6.07, 6.45) is 0.701. The largest absolute Gasteiger partial charge is 0.483 e. The molecule has 6 heteroatoms. The topological polar surface area (TPSA) is 60.2 Å². The van der Waals surface area contributed by atoms with Gasteiger partial charge in [-0.15, -0.1) is 0 Å². The zero-order valence-corrected chi connectivity index (χ0v) is 12.5. The minimum atomic E-state index is -0.336. The Balaban J connectivity index is 2.12. The van der Waals surface area contributed by atoms with E-state index in [9.17, 15) is 4.39 Å². The minimum absolute atomic E-state index is 0.0690. The van der Waals surface area contributed by atoms with Crippen LogP contribution in [0.1, 0.15) is 44.1 Å². The van der Waals surface area contributed by atoms with E-state index in [0.29, 0.717) is 23.9 Å². The SMILES string of the molecule is CCNC(C)c1ccc(F)cc1OCc1nc(CC)no1. The molecule has 0 aliphatic heterocycles. The van der Waals surface area contributed by atoms with Crippen molar-refractivity contribution in [2.75, 3.05) is 6.54 Å². The maximum atomic E-state index is 13.4. The Kier molecular flexibility index (Phi) is 5.27. The number of rotatable bonds is 7. The van der Waals surface area contributed by atoms with Crippen LogP contribution >= 0.6 is 0 Å². The number of aryl methyl sites for hydroxylation is 1. The summed E-state index contributed by atoms with van der Waals surface area (Å²) in [5.74, 6) is 1.17. The molecule has 1 aromatic heterocycles. The normalized spacial score (nSPS) is 12.4. The number of nitrogens with one attached hydrogen (secondary N) is 1. The average Bonchev–Trinajstić information content (AvgIpc) is 2.93. The van der Waals surface area contributed by atoms with Crippen molar-refractivity contribution in [2.45, 2.75) is 39.8 Å². The zero-order chi connectivity index (χ0) is 15.2. The molecule has 0 aliphatic carbocycles. The molecule has 114 valence electrons. The first-order chi connectivity index (χ1) is 10.1. The molecule has 2 aromatic rings. The van der Waals surface area contributed by atoms with E-state index in [1.54, 1.807) is 6.07 Å². The lowest BCUT2D eigenvalue weighted by Crippen LogP contribution is -2.18. The van der Waals surface area contributed by atoms with Gasteiger partial charge in [0.15, 0.2) is 12.4 Å². The Morgan fingerprint density at radius 1 is 1.38 bits per heavy atom. The van der Waals surface area contributed by atoms with E-state index in [0.717, 1.165) is 12.1 Å². The molecule has 0 amide bonds. The maximum Gasteiger partial charge on any atom is 0.264 e. The van der Waals surface area contributed by atoms with Crippen molar-refractivity contribution in [1.82, 2.24) is 15.5 Å². The molecule has 1 N–H and O–H groups in total. The molecular weight excluding hydrogens is 273 g/mol. The highest BCUT2D eigenvalue weighted by Gasteiger charge is 2.13. The Hall–Kier alpha value is -1.95. The van der Waals surface area contributed by atoms with E-state index < -0.39 is 0 Å². The quantitative estimate of drug-likeness (QED) is 0.850. The van der Waals surface area contributed by atoms with Gasteiger partial charge in [-0.1, -0.05) is 25.1 Å². The number of hydrogen-bond acceptors (Lipinski definition) is 5. The van der Waals surface area contributed by atoms with E-state index in [1.165, 1.54) is 12.1 Å². The van der Waals surface area contributed by atoms with Crippen LogP contribution in [0.4, 0.5) is 4.39 Å². The highest BCUT2D eigenvalue weighted by atomic mass is 19.1.